The van der Waals surface area contributed by atoms with Crippen LogP contribution in [0, 0.1) is 13.8 Å². The second kappa shape index (κ2) is 11.6. The summed E-state index contributed by atoms with van der Waals surface area (Å²) < 4.78 is 0. The van der Waals surface area contributed by atoms with E-state index in [1.165, 1.54) is 68.7 Å². The van der Waals surface area contributed by atoms with Gasteiger partial charge in [0, 0.05) is 73.9 Å². The van der Waals surface area contributed by atoms with Gasteiger partial charge >= 0.3 is 0 Å². The molecule has 232 valence electrons. The summed E-state index contributed by atoms with van der Waals surface area (Å²) in [4.78, 5) is 31.5. The number of benzene rings is 1. The Morgan fingerprint density at radius 1 is 0.977 bits per heavy atom. The predicted octanol–water partition coefficient (Wildman–Crippen LogP) is 6.41. The van der Waals surface area contributed by atoms with E-state index in [9.17, 15) is 9.90 Å². The molecule has 8 heteroatoms. The van der Waals surface area contributed by atoms with Crippen molar-refractivity contribution in [1.29, 1.82) is 0 Å². The van der Waals surface area contributed by atoms with E-state index in [4.69, 9.17) is 0 Å². The minimum atomic E-state index is -0.531. The zero-order valence-corrected chi connectivity index (χ0v) is 27.3. The number of carbonyl (C=O) groups is 1. The third kappa shape index (κ3) is 5.57. The molecule has 3 fully saturated rings. The van der Waals surface area contributed by atoms with Crippen LogP contribution < -0.4 is 0 Å². The van der Waals surface area contributed by atoms with E-state index >= 15 is 0 Å². The fourth-order valence-electron chi connectivity index (χ4n) is 7.85. The van der Waals surface area contributed by atoms with Gasteiger partial charge in [-0.15, -0.1) is 11.3 Å². The Kier molecular flexibility index (Phi) is 7.79. The van der Waals surface area contributed by atoms with E-state index in [0.29, 0.717) is 18.0 Å². The number of aromatic nitrogens is 2. The smallest absolute Gasteiger partial charge is 0.233 e. The Bertz CT molecular complexity index is 1620. The van der Waals surface area contributed by atoms with E-state index in [-0.39, 0.29) is 5.88 Å². The average molecular weight is 612 g/mol. The summed E-state index contributed by atoms with van der Waals surface area (Å²) >= 11 is 1.77. The van der Waals surface area contributed by atoms with Crippen LogP contribution in [0.25, 0.3) is 21.5 Å². The molecular weight excluding hydrogens is 566 g/mol. The van der Waals surface area contributed by atoms with Crippen molar-refractivity contribution in [3.63, 3.8) is 0 Å². The molecule has 0 saturated carbocycles. The van der Waals surface area contributed by atoms with Crippen molar-refractivity contribution in [3.05, 3.63) is 69.7 Å². The first-order valence-corrected chi connectivity index (χ1v) is 17.1. The number of amides is 1. The molecule has 3 aliphatic heterocycles. The van der Waals surface area contributed by atoms with Crippen molar-refractivity contribution < 1.29 is 9.90 Å². The van der Waals surface area contributed by atoms with Gasteiger partial charge in [-0.25, -0.2) is 4.98 Å². The molecule has 2 N–H and O–H groups in total. The van der Waals surface area contributed by atoms with Gasteiger partial charge in [0.05, 0.1) is 11.1 Å². The Hall–Kier alpha value is -3.20. The Balaban J connectivity index is 1.12. The second-order valence-corrected chi connectivity index (χ2v) is 15.0. The van der Waals surface area contributed by atoms with Crippen LogP contribution in [-0.4, -0.2) is 80.5 Å². The molecule has 1 aromatic carbocycles. The number of pyridine rings is 1. The molecule has 2 bridgehead atoms. The minimum Gasteiger partial charge on any atom is -0.493 e. The molecule has 6 heterocycles. The normalized spacial score (nSPS) is 21.1. The van der Waals surface area contributed by atoms with E-state index < -0.39 is 5.41 Å². The molecule has 3 aromatic heterocycles. The van der Waals surface area contributed by atoms with Crippen LogP contribution in [0.4, 0.5) is 0 Å². The lowest BCUT2D eigenvalue weighted by Crippen LogP contribution is -2.46. The number of rotatable bonds is 8. The standard InChI is InChI=1S/C36H45N5O2S/c1-23-17-24(2)19-26(18-23)33-29(11-12-39-13-15-40(16-14-39)22-25-5-10-32(42)37-21-25)30-20-31(44-34(30)38-33)36(3,4)35(43)41-27-6-7-28(41)9-8-27/h5,10,17-21,27-28,38H,6-9,11-16,22H2,1-4H3,(H,37,42). The van der Waals surface area contributed by atoms with Gasteiger partial charge in [-0.1, -0.05) is 23.3 Å². The summed E-state index contributed by atoms with van der Waals surface area (Å²) in [6, 6.07) is 13.7. The largest absolute Gasteiger partial charge is 0.493 e. The van der Waals surface area contributed by atoms with E-state index in [1.807, 2.05) is 6.07 Å². The lowest BCUT2D eigenvalue weighted by atomic mass is 9.88. The van der Waals surface area contributed by atoms with Crippen molar-refractivity contribution in [1.82, 2.24) is 24.7 Å². The molecule has 7 nitrogen and oxygen atoms in total. The first kappa shape index (κ1) is 29.5. The van der Waals surface area contributed by atoms with Gasteiger partial charge in [-0.2, -0.15) is 0 Å². The van der Waals surface area contributed by atoms with Crippen LogP contribution in [0.5, 0.6) is 5.88 Å². The van der Waals surface area contributed by atoms with Gasteiger partial charge < -0.3 is 19.9 Å². The quantitative estimate of drug-likeness (QED) is 0.241. The zero-order valence-electron chi connectivity index (χ0n) is 26.5. The Morgan fingerprint density at radius 3 is 2.27 bits per heavy atom. The SMILES string of the molecule is Cc1cc(C)cc(-c2[nH]c3sc(C(C)(C)C(=O)N4C5CCC4CC5)cc3c2CCN2CCN(Cc3ccc(O)nc3)CC2)c1. The number of aromatic amines is 1. The number of hydrogen-bond donors (Lipinski definition) is 2. The molecular formula is C36H45N5O2S. The maximum Gasteiger partial charge on any atom is 0.233 e. The van der Waals surface area contributed by atoms with Crippen molar-refractivity contribution in [2.45, 2.75) is 83.8 Å². The third-order valence-corrected chi connectivity index (χ3v) is 11.7. The highest BCUT2D eigenvalue weighted by Gasteiger charge is 2.47. The molecule has 4 aromatic rings. The average Bonchev–Trinajstić information content (AvgIpc) is 3.78. The maximum atomic E-state index is 14.0. The van der Waals surface area contributed by atoms with E-state index in [2.05, 4.69) is 76.6 Å². The van der Waals surface area contributed by atoms with Crippen LogP contribution in [0.15, 0.2) is 42.6 Å². The minimum absolute atomic E-state index is 0.0732. The molecule has 3 saturated heterocycles. The van der Waals surface area contributed by atoms with Gasteiger partial charge in [-0.3, -0.25) is 9.69 Å². The summed E-state index contributed by atoms with van der Waals surface area (Å²) in [6.45, 7) is 14.6. The van der Waals surface area contributed by atoms with Crippen LogP contribution >= 0.6 is 11.3 Å². The van der Waals surface area contributed by atoms with E-state index in [0.717, 1.165) is 51.3 Å². The van der Waals surface area contributed by atoms with Gasteiger partial charge in [-0.05, 0) is 94.7 Å². The van der Waals surface area contributed by atoms with Crippen LogP contribution in [0.2, 0.25) is 0 Å². The number of fused-ring (bicyclic) bond motifs is 3. The number of nitrogens with zero attached hydrogens (tertiary/aromatic N) is 4. The zero-order chi connectivity index (χ0) is 30.6. The fourth-order valence-corrected chi connectivity index (χ4v) is 9.03. The van der Waals surface area contributed by atoms with Gasteiger partial charge in [0.15, 0.2) is 0 Å². The van der Waals surface area contributed by atoms with Crippen molar-refractivity contribution in [2.75, 3.05) is 32.7 Å². The number of thiophene rings is 1. The highest BCUT2D eigenvalue weighted by molar-refractivity contribution is 7.19. The van der Waals surface area contributed by atoms with E-state index in [1.54, 1.807) is 23.6 Å². The molecule has 0 aliphatic carbocycles. The molecule has 3 aliphatic rings. The predicted molar refractivity (Wildman–Crippen MR) is 178 cm³/mol. The molecule has 0 radical (unpaired) electrons. The fraction of sp³-hybridized carbons (Fsp3) is 0.500. The topological polar surface area (TPSA) is 75.7 Å². The number of aromatic hydroxyl groups is 1. The summed E-state index contributed by atoms with van der Waals surface area (Å²) in [5.74, 6) is 0.382. The first-order chi connectivity index (χ1) is 21.2. The number of carbonyl (C=O) groups excluding carboxylic acids is 1. The monoisotopic (exact) mass is 611 g/mol. The third-order valence-electron chi connectivity index (χ3n) is 10.3. The Labute approximate surface area is 264 Å². The summed E-state index contributed by atoms with van der Waals surface area (Å²) in [7, 11) is 0. The van der Waals surface area contributed by atoms with Crippen molar-refractivity contribution in [3.8, 4) is 17.1 Å². The van der Waals surface area contributed by atoms with Crippen LogP contribution in [0.3, 0.4) is 0 Å². The Morgan fingerprint density at radius 2 is 1.64 bits per heavy atom. The lowest BCUT2D eigenvalue weighted by molar-refractivity contribution is -0.137. The number of piperazine rings is 1. The summed E-state index contributed by atoms with van der Waals surface area (Å²) in [5.41, 5.74) is 7.00. The van der Waals surface area contributed by atoms with Gasteiger partial charge in [0.1, 0.15) is 4.83 Å². The molecule has 1 amide bonds. The number of hydrogen-bond acceptors (Lipinski definition) is 6. The van der Waals surface area contributed by atoms with Gasteiger partial charge in [0.2, 0.25) is 11.8 Å². The van der Waals surface area contributed by atoms with Gasteiger partial charge in [0.25, 0.3) is 0 Å². The van der Waals surface area contributed by atoms with Crippen LogP contribution in [-0.2, 0) is 23.2 Å². The molecule has 0 unspecified atom stereocenters. The number of H-pyrrole nitrogens is 1. The highest BCUT2D eigenvalue weighted by Crippen LogP contribution is 2.44. The summed E-state index contributed by atoms with van der Waals surface area (Å²) in [6.07, 6.45) is 7.41. The second-order valence-electron chi connectivity index (χ2n) is 13.9. The molecule has 0 atom stereocenters. The van der Waals surface area contributed by atoms with Crippen molar-refractivity contribution in [2.24, 2.45) is 0 Å². The van der Waals surface area contributed by atoms with Crippen LogP contribution in [0.1, 0.15) is 66.7 Å². The molecule has 7 rings (SSSR count). The first-order valence-electron chi connectivity index (χ1n) is 16.3. The number of nitrogens with one attached hydrogen (secondary N) is 1. The highest BCUT2D eigenvalue weighted by atomic mass is 32.1. The maximum absolute atomic E-state index is 14.0. The molecule has 44 heavy (non-hydrogen) atoms. The number of aryl methyl sites for hydroxylation is 2. The summed E-state index contributed by atoms with van der Waals surface area (Å²) in [5, 5.41) is 10.8. The lowest BCUT2D eigenvalue weighted by Gasteiger charge is -2.34. The molecule has 0 spiro atoms. The van der Waals surface area contributed by atoms with Crippen molar-refractivity contribution >= 4 is 27.5 Å².